The number of hydrogen-bond donors (Lipinski definition) is 4. The number of hydrogen-bond acceptors (Lipinski definition) is 5. The molecule has 2 aliphatic rings. The maximum atomic E-state index is 12.3. The molecule has 8 heteroatoms. The highest BCUT2D eigenvalue weighted by molar-refractivity contribution is 8.00. The van der Waals surface area contributed by atoms with Crippen molar-refractivity contribution >= 4 is 23.8 Å². The van der Waals surface area contributed by atoms with Crippen molar-refractivity contribution in [3.63, 3.8) is 0 Å². The monoisotopic (exact) mass is 359 g/mol. The van der Waals surface area contributed by atoms with E-state index in [1.807, 2.05) is 16.7 Å². The lowest BCUT2D eigenvalue weighted by Gasteiger charge is -2.32. The molecule has 4 atom stereocenters. The number of aliphatic hydroxyl groups excluding tert-OH is 1. The molecule has 7 nitrogen and oxygen atoms in total. The predicted molar refractivity (Wildman–Crippen MR) is 93.8 cm³/mol. The van der Waals surface area contributed by atoms with Crippen LogP contribution in [0.5, 0.6) is 0 Å². The second-order valence-electron chi connectivity index (χ2n) is 6.61. The first-order valence-electron chi connectivity index (χ1n) is 8.83. The van der Waals surface area contributed by atoms with Crippen LogP contribution in [0.25, 0.3) is 0 Å². The van der Waals surface area contributed by atoms with Gasteiger partial charge in [-0.05, 0) is 32.1 Å². The van der Waals surface area contributed by atoms with E-state index < -0.39 is 5.97 Å². The number of unbranched alkanes of at least 4 members (excludes halogenated alkanes) is 3. The maximum absolute atomic E-state index is 12.3. The Kier molecular flexibility index (Phi) is 7.64. The molecular weight excluding hydrogens is 330 g/mol. The summed E-state index contributed by atoms with van der Waals surface area (Å²) in [6.45, 7) is 0.194. The highest BCUT2D eigenvalue weighted by Crippen LogP contribution is 2.38. The van der Waals surface area contributed by atoms with E-state index >= 15 is 0 Å². The van der Waals surface area contributed by atoms with E-state index in [9.17, 15) is 9.59 Å². The number of carbonyl (C=O) groups excluding carboxylic acids is 1. The van der Waals surface area contributed by atoms with Crippen molar-refractivity contribution in [1.29, 1.82) is 0 Å². The van der Waals surface area contributed by atoms with E-state index in [0.717, 1.165) is 44.3 Å². The van der Waals surface area contributed by atoms with Gasteiger partial charge in [0.2, 0.25) is 0 Å². The summed E-state index contributed by atoms with van der Waals surface area (Å²) in [4.78, 5) is 24.7. The molecule has 0 aromatic carbocycles. The van der Waals surface area contributed by atoms with Gasteiger partial charge >= 0.3 is 12.0 Å². The maximum Gasteiger partial charge on any atom is 0.319 e. The summed E-state index contributed by atoms with van der Waals surface area (Å²) < 4.78 is 0. The molecule has 0 radical (unpaired) electrons. The van der Waals surface area contributed by atoms with Gasteiger partial charge in [0.1, 0.15) is 0 Å². The minimum Gasteiger partial charge on any atom is -0.481 e. The topological polar surface area (TPSA) is 116 Å². The molecule has 24 heavy (non-hydrogen) atoms. The van der Waals surface area contributed by atoms with E-state index in [1.165, 1.54) is 0 Å². The van der Waals surface area contributed by atoms with Crippen LogP contribution in [0.4, 0.5) is 4.79 Å². The van der Waals surface area contributed by atoms with Crippen molar-refractivity contribution < 1.29 is 19.8 Å². The number of urea groups is 1. The van der Waals surface area contributed by atoms with Gasteiger partial charge in [0.05, 0.1) is 18.2 Å². The number of nitrogens with two attached hydrogens (primary N) is 1. The summed E-state index contributed by atoms with van der Waals surface area (Å²) in [7, 11) is 0. The van der Waals surface area contributed by atoms with Crippen molar-refractivity contribution in [3.8, 4) is 0 Å². The smallest absolute Gasteiger partial charge is 0.319 e. The number of aliphatic hydroxyl groups is 1. The highest BCUT2D eigenvalue weighted by atomic mass is 32.2. The minimum atomic E-state index is -0.754. The fourth-order valence-electron chi connectivity index (χ4n) is 3.58. The molecular formula is C16H29N3O4S. The molecule has 0 bridgehead atoms. The summed E-state index contributed by atoms with van der Waals surface area (Å²) in [5, 5.41) is 20.9. The Morgan fingerprint density at radius 2 is 2.12 bits per heavy atom. The largest absolute Gasteiger partial charge is 0.481 e. The van der Waals surface area contributed by atoms with Gasteiger partial charge in [-0.2, -0.15) is 11.8 Å². The third kappa shape index (κ3) is 5.00. The van der Waals surface area contributed by atoms with Gasteiger partial charge in [-0.15, -0.1) is 0 Å². The molecule has 1 unspecified atom stereocenters. The minimum absolute atomic E-state index is 0.0736. The first kappa shape index (κ1) is 19.3. The van der Waals surface area contributed by atoms with Gasteiger partial charge in [-0.1, -0.05) is 12.8 Å². The molecule has 0 aliphatic carbocycles. The average Bonchev–Trinajstić information content (AvgIpc) is 3.06. The zero-order chi connectivity index (χ0) is 17.5. The number of nitrogens with zero attached hydrogens (tertiary/aromatic N) is 1. The molecule has 0 aromatic rings. The molecule has 0 spiro atoms. The Morgan fingerprint density at radius 1 is 1.33 bits per heavy atom. The number of thioether (sulfide) groups is 1. The first-order valence-corrected chi connectivity index (χ1v) is 9.88. The van der Waals surface area contributed by atoms with Crippen LogP contribution in [0, 0.1) is 0 Å². The zero-order valence-corrected chi connectivity index (χ0v) is 14.8. The van der Waals surface area contributed by atoms with Gasteiger partial charge in [-0.25, -0.2) is 4.79 Å². The molecule has 2 aliphatic heterocycles. The third-order valence-electron chi connectivity index (χ3n) is 4.79. The van der Waals surface area contributed by atoms with Gasteiger partial charge in [-0.3, -0.25) is 4.79 Å². The lowest BCUT2D eigenvalue weighted by molar-refractivity contribution is -0.137. The van der Waals surface area contributed by atoms with Crippen LogP contribution in [0.2, 0.25) is 0 Å². The molecule has 0 saturated carbocycles. The molecule has 138 valence electrons. The SMILES string of the molecule is NC(CCCCCO)N1C(=O)N[C@H]2CS[C@@H](CCCCC(=O)O)[C@H]21. The molecule has 2 rings (SSSR count). The number of fused-ring (bicyclic) bond motifs is 1. The molecule has 2 amide bonds. The zero-order valence-electron chi connectivity index (χ0n) is 14.0. The number of rotatable bonds is 11. The van der Waals surface area contributed by atoms with Crippen molar-refractivity contribution in [2.75, 3.05) is 12.4 Å². The van der Waals surface area contributed by atoms with Crippen molar-refractivity contribution in [1.82, 2.24) is 10.2 Å². The summed E-state index contributed by atoms with van der Waals surface area (Å²) in [6.07, 6.45) is 5.71. The van der Waals surface area contributed by atoms with Crippen LogP contribution in [0.1, 0.15) is 51.4 Å². The standard InChI is InChI=1S/C16H29N3O4S/c17-13(7-2-1-5-9-20)19-15-11(18-16(19)23)10-24-12(15)6-3-4-8-14(21)22/h11-13,15,20H,1-10,17H2,(H,18,23)(H,21,22)/t11-,12-,13?,15-/m0/s1. The number of aliphatic carboxylic acids is 1. The van der Waals surface area contributed by atoms with Crippen LogP contribution in [0.15, 0.2) is 0 Å². The van der Waals surface area contributed by atoms with E-state index in [0.29, 0.717) is 11.7 Å². The normalized spacial score (nSPS) is 27.2. The van der Waals surface area contributed by atoms with E-state index in [-0.39, 0.29) is 37.3 Å². The lowest BCUT2D eigenvalue weighted by Crippen LogP contribution is -2.51. The molecule has 2 fully saturated rings. The average molecular weight is 359 g/mol. The number of nitrogens with one attached hydrogen (secondary N) is 1. The Morgan fingerprint density at radius 3 is 2.83 bits per heavy atom. The van der Waals surface area contributed by atoms with E-state index in [2.05, 4.69) is 5.32 Å². The number of carboxylic acids is 1. The second kappa shape index (κ2) is 9.48. The fourth-order valence-corrected chi connectivity index (χ4v) is 5.17. The van der Waals surface area contributed by atoms with Crippen LogP contribution >= 0.6 is 11.8 Å². The number of amides is 2. The van der Waals surface area contributed by atoms with Gasteiger partial charge in [0.25, 0.3) is 0 Å². The van der Waals surface area contributed by atoms with Crippen LogP contribution in [-0.2, 0) is 4.79 Å². The number of carbonyl (C=O) groups is 2. The highest BCUT2D eigenvalue weighted by Gasteiger charge is 2.49. The molecule has 2 heterocycles. The Bertz CT molecular complexity index is 438. The Labute approximate surface area is 147 Å². The summed E-state index contributed by atoms with van der Waals surface area (Å²) in [5.41, 5.74) is 6.28. The summed E-state index contributed by atoms with van der Waals surface area (Å²) >= 11 is 1.86. The molecule has 5 N–H and O–H groups in total. The quantitative estimate of drug-likeness (QED) is 0.327. The van der Waals surface area contributed by atoms with Gasteiger partial charge in [0.15, 0.2) is 0 Å². The van der Waals surface area contributed by atoms with Crippen molar-refractivity contribution in [2.24, 2.45) is 5.73 Å². The van der Waals surface area contributed by atoms with E-state index in [4.69, 9.17) is 15.9 Å². The van der Waals surface area contributed by atoms with Crippen molar-refractivity contribution in [3.05, 3.63) is 0 Å². The Hall–Kier alpha value is -0.990. The second-order valence-corrected chi connectivity index (χ2v) is 7.88. The predicted octanol–water partition coefficient (Wildman–Crippen LogP) is 1.35. The fraction of sp³-hybridized carbons (Fsp3) is 0.875. The molecule has 2 saturated heterocycles. The molecule has 0 aromatic heterocycles. The van der Waals surface area contributed by atoms with Crippen LogP contribution in [-0.4, -0.2) is 63.0 Å². The summed E-state index contributed by atoms with van der Waals surface area (Å²) in [5.74, 6) is 0.143. The number of carboxylic acid groups (broad SMARTS) is 1. The van der Waals surface area contributed by atoms with E-state index in [1.54, 1.807) is 0 Å². The first-order chi connectivity index (χ1) is 11.5. The Balaban J connectivity index is 1.85. The summed E-state index contributed by atoms with van der Waals surface area (Å²) in [6, 6.07) is 0.186. The van der Waals surface area contributed by atoms with Gasteiger partial charge < -0.3 is 26.2 Å². The lowest BCUT2D eigenvalue weighted by atomic mass is 10.0. The van der Waals surface area contributed by atoms with Crippen LogP contribution in [0.3, 0.4) is 0 Å². The van der Waals surface area contributed by atoms with Crippen molar-refractivity contribution in [2.45, 2.75) is 74.9 Å². The van der Waals surface area contributed by atoms with Crippen LogP contribution < -0.4 is 11.1 Å². The van der Waals surface area contributed by atoms with Gasteiger partial charge in [0, 0.05) is 24.0 Å². The third-order valence-corrected chi connectivity index (χ3v) is 6.29.